The maximum atomic E-state index is 11.9. The fraction of sp³-hybridized carbons (Fsp3) is 0.188. The number of hydrogen-bond acceptors (Lipinski definition) is 6. The summed E-state index contributed by atoms with van der Waals surface area (Å²) in [7, 11) is 3.43. The molecule has 2 heterocycles. The van der Waals surface area contributed by atoms with Crippen LogP contribution in [0.4, 0.5) is 5.69 Å². The highest BCUT2D eigenvalue weighted by Gasteiger charge is 2.14. The molecule has 0 atom stereocenters. The fourth-order valence-corrected chi connectivity index (χ4v) is 4.02. The SMILES string of the molecule is Cc1ccc(NSc2ncc(C(=O)N(C)C)s2)c2[nH]cc(C#N)c12. The molecule has 0 saturated heterocycles. The van der Waals surface area contributed by atoms with E-state index in [-0.39, 0.29) is 5.91 Å². The van der Waals surface area contributed by atoms with Crippen LogP contribution in [-0.2, 0) is 0 Å². The predicted octanol–water partition coefficient (Wildman–Crippen LogP) is 3.63. The highest BCUT2D eigenvalue weighted by atomic mass is 32.2. The number of H-pyrrole nitrogens is 1. The third kappa shape index (κ3) is 2.96. The molecular weight excluding hydrogens is 342 g/mol. The van der Waals surface area contributed by atoms with Crippen molar-refractivity contribution in [2.75, 3.05) is 18.8 Å². The standard InChI is InChI=1S/C16H15N5OS2/c1-9-4-5-11(14-13(9)10(6-17)7-18-14)20-24-16-19-8-12(23-16)15(22)21(2)3/h4-5,7-8,18,20H,1-3H3. The number of fused-ring (bicyclic) bond motifs is 1. The van der Waals surface area contributed by atoms with Crippen LogP contribution in [0.15, 0.2) is 28.9 Å². The number of aromatic nitrogens is 2. The molecule has 1 aromatic carbocycles. The number of carbonyl (C=O) groups is 1. The van der Waals surface area contributed by atoms with Gasteiger partial charge >= 0.3 is 0 Å². The Morgan fingerprint density at radius 3 is 2.96 bits per heavy atom. The number of aryl methyl sites for hydroxylation is 1. The molecule has 3 aromatic rings. The molecule has 1 amide bonds. The number of carbonyl (C=O) groups excluding carboxylic acids is 1. The van der Waals surface area contributed by atoms with Gasteiger partial charge in [-0.25, -0.2) is 4.98 Å². The fourth-order valence-electron chi connectivity index (χ4n) is 2.32. The smallest absolute Gasteiger partial charge is 0.265 e. The first kappa shape index (κ1) is 16.4. The van der Waals surface area contributed by atoms with Gasteiger partial charge in [0.1, 0.15) is 10.9 Å². The van der Waals surface area contributed by atoms with Crippen molar-refractivity contribution in [1.29, 1.82) is 5.26 Å². The van der Waals surface area contributed by atoms with E-state index in [0.717, 1.165) is 26.5 Å². The highest BCUT2D eigenvalue weighted by Crippen LogP contribution is 2.32. The van der Waals surface area contributed by atoms with E-state index in [9.17, 15) is 10.1 Å². The average molecular weight is 357 g/mol. The molecule has 2 aromatic heterocycles. The molecular formula is C16H15N5OS2. The van der Waals surface area contributed by atoms with Gasteiger partial charge in [0.05, 0.1) is 23.0 Å². The minimum atomic E-state index is -0.0555. The van der Waals surface area contributed by atoms with Crippen molar-refractivity contribution >= 4 is 45.8 Å². The minimum Gasteiger partial charge on any atom is -0.358 e. The monoisotopic (exact) mass is 357 g/mol. The Morgan fingerprint density at radius 1 is 1.46 bits per heavy atom. The largest absolute Gasteiger partial charge is 0.358 e. The topological polar surface area (TPSA) is 84.8 Å². The van der Waals surface area contributed by atoms with Gasteiger partial charge in [0.2, 0.25) is 0 Å². The lowest BCUT2D eigenvalue weighted by Crippen LogP contribution is -2.20. The number of nitrogens with one attached hydrogen (secondary N) is 2. The van der Waals surface area contributed by atoms with Gasteiger partial charge in [-0.05, 0) is 18.6 Å². The van der Waals surface area contributed by atoms with Gasteiger partial charge in [-0.3, -0.25) is 4.79 Å². The summed E-state index contributed by atoms with van der Waals surface area (Å²) in [5, 5.41) is 10.1. The third-order valence-corrected chi connectivity index (χ3v) is 5.40. The number of anilines is 1. The van der Waals surface area contributed by atoms with E-state index in [1.807, 2.05) is 19.1 Å². The molecule has 0 aliphatic heterocycles. The van der Waals surface area contributed by atoms with Crippen LogP contribution in [-0.4, -0.2) is 34.9 Å². The molecule has 0 fully saturated rings. The molecule has 0 radical (unpaired) electrons. The quantitative estimate of drug-likeness (QED) is 0.697. The van der Waals surface area contributed by atoms with Crippen molar-refractivity contribution in [1.82, 2.24) is 14.9 Å². The number of nitriles is 1. The second-order valence-corrected chi connectivity index (χ2v) is 7.47. The van der Waals surface area contributed by atoms with E-state index in [2.05, 4.69) is 20.8 Å². The Bertz CT molecular complexity index is 951. The molecule has 0 bridgehead atoms. The second-order valence-electron chi connectivity index (χ2n) is 5.39. The van der Waals surface area contributed by atoms with E-state index < -0.39 is 0 Å². The van der Waals surface area contributed by atoms with Crippen molar-refractivity contribution in [2.24, 2.45) is 0 Å². The van der Waals surface area contributed by atoms with Gasteiger partial charge < -0.3 is 14.6 Å². The van der Waals surface area contributed by atoms with Crippen LogP contribution < -0.4 is 4.72 Å². The van der Waals surface area contributed by atoms with E-state index in [0.29, 0.717) is 10.4 Å². The van der Waals surface area contributed by atoms with Crippen LogP contribution in [0.5, 0.6) is 0 Å². The van der Waals surface area contributed by atoms with Gasteiger partial charge in [0, 0.05) is 37.6 Å². The zero-order chi connectivity index (χ0) is 17.3. The zero-order valence-corrected chi connectivity index (χ0v) is 15.0. The van der Waals surface area contributed by atoms with Crippen LogP contribution in [0.1, 0.15) is 20.8 Å². The summed E-state index contributed by atoms with van der Waals surface area (Å²) in [6, 6.07) is 6.14. The first-order valence-electron chi connectivity index (χ1n) is 7.12. The number of aromatic amines is 1. The summed E-state index contributed by atoms with van der Waals surface area (Å²) < 4.78 is 4.00. The van der Waals surface area contributed by atoms with Crippen LogP contribution in [0.2, 0.25) is 0 Å². The van der Waals surface area contributed by atoms with E-state index in [4.69, 9.17) is 0 Å². The van der Waals surface area contributed by atoms with Crippen molar-refractivity contribution in [3.05, 3.63) is 40.5 Å². The van der Waals surface area contributed by atoms with E-state index in [1.165, 1.54) is 28.2 Å². The van der Waals surface area contributed by atoms with Gasteiger partial charge in [0.25, 0.3) is 5.91 Å². The first-order chi connectivity index (χ1) is 11.5. The van der Waals surface area contributed by atoms with Crippen molar-refractivity contribution in [3.8, 4) is 6.07 Å². The van der Waals surface area contributed by atoms with Crippen LogP contribution >= 0.6 is 23.3 Å². The lowest BCUT2D eigenvalue weighted by atomic mass is 10.1. The van der Waals surface area contributed by atoms with Crippen molar-refractivity contribution < 1.29 is 4.79 Å². The number of nitrogens with zero attached hydrogens (tertiary/aromatic N) is 3. The molecule has 0 aliphatic rings. The molecule has 0 aliphatic carbocycles. The number of hydrogen-bond donors (Lipinski definition) is 2. The first-order valence-corrected chi connectivity index (χ1v) is 8.75. The average Bonchev–Trinajstić information content (AvgIpc) is 3.20. The Kier molecular flexibility index (Phi) is 4.46. The summed E-state index contributed by atoms with van der Waals surface area (Å²) in [6.07, 6.45) is 3.30. The third-order valence-electron chi connectivity index (χ3n) is 3.51. The highest BCUT2D eigenvalue weighted by molar-refractivity contribution is 8.02. The lowest BCUT2D eigenvalue weighted by molar-refractivity contribution is 0.0832. The summed E-state index contributed by atoms with van der Waals surface area (Å²) in [5.74, 6) is -0.0555. The summed E-state index contributed by atoms with van der Waals surface area (Å²) in [6.45, 7) is 1.98. The van der Waals surface area contributed by atoms with Gasteiger partial charge in [0.15, 0.2) is 4.34 Å². The molecule has 0 unspecified atom stereocenters. The Hall–Kier alpha value is -2.50. The number of rotatable bonds is 4. The minimum absolute atomic E-state index is 0.0555. The maximum Gasteiger partial charge on any atom is 0.265 e. The molecule has 0 spiro atoms. The molecule has 3 rings (SSSR count). The molecule has 0 saturated carbocycles. The number of thiazole rings is 1. The molecule has 6 nitrogen and oxygen atoms in total. The normalized spacial score (nSPS) is 10.6. The van der Waals surface area contributed by atoms with Crippen LogP contribution in [0.3, 0.4) is 0 Å². The Labute approximate surface area is 147 Å². The van der Waals surface area contributed by atoms with Crippen LogP contribution in [0.25, 0.3) is 10.9 Å². The molecule has 8 heteroatoms. The second kappa shape index (κ2) is 6.55. The number of benzene rings is 1. The molecule has 24 heavy (non-hydrogen) atoms. The zero-order valence-electron chi connectivity index (χ0n) is 13.4. The van der Waals surface area contributed by atoms with Crippen molar-refractivity contribution in [3.63, 3.8) is 0 Å². The van der Waals surface area contributed by atoms with Crippen LogP contribution in [0, 0.1) is 18.3 Å². The van der Waals surface area contributed by atoms with E-state index in [1.54, 1.807) is 26.5 Å². The van der Waals surface area contributed by atoms with Gasteiger partial charge in [-0.2, -0.15) is 5.26 Å². The van der Waals surface area contributed by atoms with Gasteiger partial charge in [-0.1, -0.05) is 6.07 Å². The predicted molar refractivity (Wildman–Crippen MR) is 97.4 cm³/mol. The van der Waals surface area contributed by atoms with E-state index >= 15 is 0 Å². The summed E-state index contributed by atoms with van der Waals surface area (Å²) >= 11 is 2.69. The number of amides is 1. The summed E-state index contributed by atoms with van der Waals surface area (Å²) in [4.78, 5) is 21.5. The lowest BCUT2D eigenvalue weighted by Gasteiger charge is -2.07. The Balaban J connectivity index is 1.82. The molecule has 122 valence electrons. The molecule has 2 N–H and O–H groups in total. The Morgan fingerprint density at radius 2 is 2.25 bits per heavy atom. The maximum absolute atomic E-state index is 11.9. The van der Waals surface area contributed by atoms with Crippen molar-refractivity contribution in [2.45, 2.75) is 11.3 Å². The van der Waals surface area contributed by atoms with Gasteiger partial charge in [-0.15, -0.1) is 11.3 Å². The summed E-state index contributed by atoms with van der Waals surface area (Å²) in [5.41, 5.74) is 3.44.